The zero-order valence-corrected chi connectivity index (χ0v) is 15.3. The Labute approximate surface area is 156 Å². The van der Waals surface area contributed by atoms with Gasteiger partial charge in [0.05, 0.1) is 18.2 Å². The topological polar surface area (TPSA) is 67.9 Å². The summed E-state index contributed by atoms with van der Waals surface area (Å²) in [5.41, 5.74) is 0.661. The van der Waals surface area contributed by atoms with Gasteiger partial charge in [0, 0.05) is 5.69 Å². The number of nitrogens with zero attached hydrogens (tertiary/aromatic N) is 1. The van der Waals surface area contributed by atoms with Crippen LogP contribution in [0.15, 0.2) is 48.5 Å². The van der Waals surface area contributed by atoms with Gasteiger partial charge in [0.15, 0.2) is 0 Å². The van der Waals surface area contributed by atoms with Crippen LogP contribution in [0.1, 0.15) is 6.92 Å². The fourth-order valence-corrected chi connectivity index (χ4v) is 3.33. The number of benzene rings is 2. The summed E-state index contributed by atoms with van der Waals surface area (Å²) < 4.78 is 11.2. The molecule has 0 spiro atoms. The summed E-state index contributed by atoms with van der Waals surface area (Å²) in [6, 6.07) is 14.5. The molecule has 1 heterocycles. The molecule has 3 rings (SSSR count). The number of amides is 2. The summed E-state index contributed by atoms with van der Waals surface area (Å²) in [4.78, 5) is 25.1. The van der Waals surface area contributed by atoms with Crippen LogP contribution in [0.25, 0.3) is 0 Å². The second-order valence-corrected chi connectivity index (χ2v) is 6.60. The van der Waals surface area contributed by atoms with Crippen molar-refractivity contribution in [3.8, 4) is 17.2 Å². The van der Waals surface area contributed by atoms with Gasteiger partial charge < -0.3 is 19.7 Å². The van der Waals surface area contributed by atoms with Gasteiger partial charge in [-0.05, 0) is 55.5 Å². The molecule has 1 aliphatic heterocycles. The van der Waals surface area contributed by atoms with Crippen LogP contribution < -0.4 is 14.8 Å². The predicted octanol–water partition coefficient (Wildman–Crippen LogP) is 3.35. The van der Waals surface area contributed by atoms with Crippen molar-refractivity contribution in [1.82, 2.24) is 4.90 Å². The number of nitrogens with one attached hydrogen (secondary N) is 1. The quantitative estimate of drug-likeness (QED) is 0.807. The molecule has 1 aliphatic rings. The summed E-state index contributed by atoms with van der Waals surface area (Å²) in [6.45, 7) is 2.64. The van der Waals surface area contributed by atoms with Crippen LogP contribution in [0.3, 0.4) is 0 Å². The Morgan fingerprint density at radius 3 is 2.27 bits per heavy atom. The fraction of sp³-hybridized carbons (Fsp3) is 0.263. The average Bonchev–Trinajstić information content (AvgIpc) is 3.03. The van der Waals surface area contributed by atoms with Crippen LogP contribution in [-0.4, -0.2) is 41.5 Å². The molecule has 0 saturated carbocycles. The van der Waals surface area contributed by atoms with E-state index in [2.05, 4.69) is 5.32 Å². The van der Waals surface area contributed by atoms with E-state index >= 15 is 0 Å². The van der Waals surface area contributed by atoms with Crippen molar-refractivity contribution >= 4 is 29.3 Å². The molecule has 0 atom stereocenters. The highest BCUT2D eigenvalue weighted by Gasteiger charge is 2.22. The normalized spacial score (nSPS) is 13.6. The molecule has 136 valence electrons. The minimum Gasteiger partial charge on any atom is -0.494 e. The van der Waals surface area contributed by atoms with Gasteiger partial charge in [-0.1, -0.05) is 0 Å². The van der Waals surface area contributed by atoms with Crippen LogP contribution in [0.2, 0.25) is 0 Å². The Bertz CT molecular complexity index is 762. The van der Waals surface area contributed by atoms with E-state index in [0.717, 1.165) is 5.75 Å². The van der Waals surface area contributed by atoms with E-state index in [-0.39, 0.29) is 18.4 Å². The van der Waals surface area contributed by atoms with Crippen molar-refractivity contribution in [1.29, 1.82) is 0 Å². The Kier molecular flexibility index (Phi) is 6.01. The molecule has 1 fully saturated rings. The van der Waals surface area contributed by atoms with E-state index in [9.17, 15) is 9.59 Å². The molecule has 26 heavy (non-hydrogen) atoms. The Morgan fingerprint density at radius 1 is 1.08 bits per heavy atom. The first-order valence-electron chi connectivity index (χ1n) is 8.30. The van der Waals surface area contributed by atoms with E-state index in [4.69, 9.17) is 9.47 Å². The molecule has 0 unspecified atom stereocenters. The summed E-state index contributed by atoms with van der Waals surface area (Å²) in [5.74, 6) is 2.98. The van der Waals surface area contributed by atoms with Gasteiger partial charge in [-0.2, -0.15) is 0 Å². The van der Waals surface area contributed by atoms with E-state index in [1.807, 2.05) is 31.2 Å². The first kappa shape index (κ1) is 18.1. The van der Waals surface area contributed by atoms with Crippen molar-refractivity contribution in [2.45, 2.75) is 6.92 Å². The van der Waals surface area contributed by atoms with Crippen LogP contribution in [0, 0.1) is 0 Å². The predicted molar refractivity (Wildman–Crippen MR) is 102 cm³/mol. The lowest BCUT2D eigenvalue weighted by atomic mass is 10.3. The lowest BCUT2D eigenvalue weighted by molar-refractivity contribution is -0.130. The standard InChI is InChI=1S/C19H20N2O4S/c1-2-24-15-7-9-17(10-8-15)25-16-5-3-14(4-6-16)20-18(22)11-21-13-26-12-19(21)23/h3-10H,2,11-13H2,1H3,(H,20,22). The molecule has 1 N–H and O–H groups in total. The highest BCUT2D eigenvalue weighted by molar-refractivity contribution is 8.00. The third kappa shape index (κ3) is 4.92. The fourth-order valence-electron chi connectivity index (χ4n) is 2.43. The summed E-state index contributed by atoms with van der Waals surface area (Å²) in [5, 5.41) is 2.79. The number of thioether (sulfide) groups is 1. The lowest BCUT2D eigenvalue weighted by Crippen LogP contribution is -2.34. The van der Waals surface area contributed by atoms with Crippen LogP contribution in [-0.2, 0) is 9.59 Å². The molecule has 0 aromatic heterocycles. The number of ether oxygens (including phenoxy) is 2. The Morgan fingerprint density at radius 2 is 1.69 bits per heavy atom. The molecule has 0 radical (unpaired) electrons. The van der Waals surface area contributed by atoms with Crippen molar-refractivity contribution in [3.05, 3.63) is 48.5 Å². The lowest BCUT2D eigenvalue weighted by Gasteiger charge is -2.14. The van der Waals surface area contributed by atoms with E-state index in [1.165, 1.54) is 11.8 Å². The smallest absolute Gasteiger partial charge is 0.244 e. The summed E-state index contributed by atoms with van der Waals surface area (Å²) >= 11 is 1.52. The third-order valence-electron chi connectivity index (χ3n) is 3.67. The minimum absolute atomic E-state index is 0.00394. The van der Waals surface area contributed by atoms with Gasteiger partial charge in [0.1, 0.15) is 23.8 Å². The average molecular weight is 372 g/mol. The van der Waals surface area contributed by atoms with Crippen molar-refractivity contribution < 1.29 is 19.1 Å². The highest BCUT2D eigenvalue weighted by atomic mass is 32.2. The number of rotatable bonds is 7. The van der Waals surface area contributed by atoms with Gasteiger partial charge in [-0.15, -0.1) is 11.8 Å². The maximum absolute atomic E-state index is 12.0. The number of hydrogen-bond donors (Lipinski definition) is 1. The maximum Gasteiger partial charge on any atom is 0.244 e. The van der Waals surface area contributed by atoms with Crippen molar-refractivity contribution in [2.75, 3.05) is 30.1 Å². The third-order valence-corrected chi connectivity index (χ3v) is 4.61. The molecule has 6 nitrogen and oxygen atoms in total. The van der Waals surface area contributed by atoms with Gasteiger partial charge >= 0.3 is 0 Å². The van der Waals surface area contributed by atoms with Crippen LogP contribution in [0.4, 0.5) is 5.69 Å². The Balaban J connectivity index is 1.52. The van der Waals surface area contributed by atoms with E-state index < -0.39 is 0 Å². The second-order valence-electron chi connectivity index (χ2n) is 5.65. The van der Waals surface area contributed by atoms with Crippen molar-refractivity contribution in [3.63, 3.8) is 0 Å². The molecule has 0 aliphatic carbocycles. The van der Waals surface area contributed by atoms with E-state index in [1.54, 1.807) is 29.2 Å². The van der Waals surface area contributed by atoms with Gasteiger partial charge in [0.2, 0.25) is 11.8 Å². The number of carbonyl (C=O) groups is 2. The molecular weight excluding hydrogens is 352 g/mol. The number of anilines is 1. The molecule has 2 amide bonds. The highest BCUT2D eigenvalue weighted by Crippen LogP contribution is 2.25. The summed E-state index contributed by atoms with van der Waals surface area (Å²) in [7, 11) is 0. The molecule has 1 saturated heterocycles. The molecule has 2 aromatic rings. The van der Waals surface area contributed by atoms with Gasteiger partial charge in [-0.25, -0.2) is 0 Å². The monoisotopic (exact) mass is 372 g/mol. The van der Waals surface area contributed by atoms with Crippen LogP contribution >= 0.6 is 11.8 Å². The molecule has 0 bridgehead atoms. The molecule has 7 heteroatoms. The van der Waals surface area contributed by atoms with Crippen LogP contribution in [0.5, 0.6) is 17.2 Å². The first-order valence-corrected chi connectivity index (χ1v) is 9.45. The van der Waals surface area contributed by atoms with Crippen molar-refractivity contribution in [2.24, 2.45) is 0 Å². The first-order chi connectivity index (χ1) is 12.6. The SMILES string of the molecule is CCOc1ccc(Oc2ccc(NC(=O)CN3CSCC3=O)cc2)cc1. The Hall–Kier alpha value is -2.67. The van der Waals surface area contributed by atoms with Gasteiger partial charge in [0.25, 0.3) is 0 Å². The summed E-state index contributed by atoms with van der Waals surface area (Å²) in [6.07, 6.45) is 0. The molecular formula is C19H20N2O4S. The largest absolute Gasteiger partial charge is 0.494 e. The molecule has 2 aromatic carbocycles. The zero-order valence-electron chi connectivity index (χ0n) is 14.4. The number of hydrogen-bond acceptors (Lipinski definition) is 5. The maximum atomic E-state index is 12.0. The van der Waals surface area contributed by atoms with E-state index in [0.29, 0.717) is 35.4 Å². The minimum atomic E-state index is -0.207. The zero-order chi connectivity index (χ0) is 18.4. The number of carbonyl (C=O) groups excluding carboxylic acids is 2. The van der Waals surface area contributed by atoms with Gasteiger partial charge in [-0.3, -0.25) is 9.59 Å². The second kappa shape index (κ2) is 8.62.